The van der Waals surface area contributed by atoms with Crippen LogP contribution < -0.4 is 4.74 Å². The summed E-state index contributed by atoms with van der Waals surface area (Å²) in [6.45, 7) is 2.54. The van der Waals surface area contributed by atoms with E-state index in [0.29, 0.717) is 18.0 Å². The van der Waals surface area contributed by atoms with Crippen molar-refractivity contribution in [1.29, 1.82) is 5.26 Å². The Morgan fingerprint density at radius 1 is 1.03 bits per heavy atom. The van der Waals surface area contributed by atoms with Gasteiger partial charge in [-0.05, 0) is 49.4 Å². The van der Waals surface area contributed by atoms with Crippen molar-refractivity contribution >= 4 is 22.7 Å². The molecule has 0 saturated heterocycles. The number of nitriles is 1. The molecule has 0 amide bonds. The fourth-order valence-corrected chi connectivity index (χ4v) is 4.02. The summed E-state index contributed by atoms with van der Waals surface area (Å²) in [7, 11) is 1.93. The Balaban J connectivity index is 1.68. The van der Waals surface area contributed by atoms with Gasteiger partial charge in [-0.2, -0.15) is 10.4 Å². The monoisotopic (exact) mass is 445 g/mol. The van der Waals surface area contributed by atoms with Crippen molar-refractivity contribution in [2.75, 3.05) is 6.61 Å². The van der Waals surface area contributed by atoms with Crippen LogP contribution in [0.25, 0.3) is 39.6 Å². The number of benzene rings is 3. The number of para-hydroxylation sites is 3. The summed E-state index contributed by atoms with van der Waals surface area (Å²) in [5, 5.41) is 14.9. The average molecular weight is 446 g/mol. The molecule has 0 spiro atoms. The second kappa shape index (κ2) is 9.08. The molecule has 0 bridgehead atoms. The highest BCUT2D eigenvalue weighted by atomic mass is 16.5. The smallest absolute Gasteiger partial charge is 0.151 e. The molecule has 3 aromatic carbocycles. The van der Waals surface area contributed by atoms with Gasteiger partial charge in [0.05, 0.1) is 28.9 Å². The van der Waals surface area contributed by atoms with Crippen molar-refractivity contribution in [2.45, 2.75) is 6.92 Å². The molecule has 0 saturated carbocycles. The fraction of sp³-hybridized carbons (Fsp3) is 0.107. The molecule has 0 atom stereocenters. The first-order valence-corrected chi connectivity index (χ1v) is 11.1. The van der Waals surface area contributed by atoms with Crippen LogP contribution in [0.1, 0.15) is 18.3 Å². The maximum absolute atomic E-state index is 10.1. The quantitative estimate of drug-likeness (QED) is 0.306. The first-order valence-electron chi connectivity index (χ1n) is 11.1. The lowest BCUT2D eigenvalue weighted by Gasteiger charge is -2.06. The van der Waals surface area contributed by atoms with Crippen molar-refractivity contribution in [3.05, 3.63) is 96.4 Å². The first-order chi connectivity index (χ1) is 16.7. The SMILES string of the molecule is CCOc1cccc(-c2nn(-c3ccccc3)cc2/C=C(/C#N)c2nc3ccccc3n2C)c1. The van der Waals surface area contributed by atoms with E-state index in [1.807, 2.05) is 114 Å². The molecule has 34 heavy (non-hydrogen) atoms. The van der Waals surface area contributed by atoms with E-state index in [1.54, 1.807) is 0 Å². The molecule has 0 aliphatic rings. The van der Waals surface area contributed by atoms with E-state index in [-0.39, 0.29) is 0 Å². The van der Waals surface area contributed by atoms with E-state index >= 15 is 0 Å². The largest absolute Gasteiger partial charge is 0.494 e. The van der Waals surface area contributed by atoms with Crippen LogP contribution in [0.5, 0.6) is 5.75 Å². The molecule has 0 fully saturated rings. The summed E-state index contributed by atoms with van der Waals surface area (Å²) < 4.78 is 9.48. The molecule has 6 heteroatoms. The van der Waals surface area contributed by atoms with Gasteiger partial charge in [0.2, 0.25) is 0 Å². The van der Waals surface area contributed by atoms with Crippen molar-refractivity contribution in [1.82, 2.24) is 19.3 Å². The van der Waals surface area contributed by atoms with Gasteiger partial charge in [-0.1, -0.05) is 42.5 Å². The van der Waals surface area contributed by atoms with Crippen LogP contribution in [0, 0.1) is 11.3 Å². The Morgan fingerprint density at radius 2 is 1.82 bits per heavy atom. The number of nitrogens with zero attached hydrogens (tertiary/aromatic N) is 5. The highest BCUT2D eigenvalue weighted by Gasteiger charge is 2.16. The van der Waals surface area contributed by atoms with Crippen LogP contribution in [0.15, 0.2) is 85.1 Å². The van der Waals surface area contributed by atoms with E-state index in [9.17, 15) is 5.26 Å². The van der Waals surface area contributed by atoms with Gasteiger partial charge in [-0.15, -0.1) is 0 Å². The molecule has 2 aromatic heterocycles. The number of allylic oxidation sites excluding steroid dienone is 1. The lowest BCUT2D eigenvalue weighted by atomic mass is 10.1. The molecule has 2 heterocycles. The zero-order chi connectivity index (χ0) is 23.5. The standard InChI is InChI=1S/C28H23N5O/c1-3-34-24-13-9-10-20(17-24)27-22(19-33(31-27)23-11-5-4-6-12-23)16-21(18-29)28-30-25-14-7-8-15-26(25)32(28)2/h4-17,19H,3H2,1-2H3/b21-16-. The fourth-order valence-electron chi connectivity index (χ4n) is 4.02. The molecule has 5 aromatic rings. The van der Waals surface area contributed by atoms with Crippen LogP contribution in [-0.4, -0.2) is 25.9 Å². The van der Waals surface area contributed by atoms with Crippen molar-refractivity contribution in [3.63, 3.8) is 0 Å². The van der Waals surface area contributed by atoms with Crippen LogP contribution in [0.4, 0.5) is 0 Å². The minimum absolute atomic E-state index is 0.466. The normalized spacial score (nSPS) is 11.5. The third-order valence-corrected chi connectivity index (χ3v) is 5.63. The van der Waals surface area contributed by atoms with Gasteiger partial charge in [0.25, 0.3) is 0 Å². The Bertz CT molecular complexity index is 1540. The molecular formula is C28H23N5O. The summed E-state index contributed by atoms with van der Waals surface area (Å²) in [6.07, 6.45) is 3.80. The maximum Gasteiger partial charge on any atom is 0.151 e. The Kier molecular flexibility index (Phi) is 5.67. The van der Waals surface area contributed by atoms with E-state index in [4.69, 9.17) is 14.8 Å². The Morgan fingerprint density at radius 3 is 2.59 bits per heavy atom. The topological polar surface area (TPSA) is 68.7 Å². The van der Waals surface area contributed by atoms with Crippen LogP contribution in [-0.2, 0) is 7.05 Å². The minimum Gasteiger partial charge on any atom is -0.494 e. The highest BCUT2D eigenvalue weighted by molar-refractivity contribution is 5.93. The van der Waals surface area contributed by atoms with Crippen molar-refractivity contribution in [3.8, 4) is 28.8 Å². The first kappa shape index (κ1) is 21.2. The minimum atomic E-state index is 0.466. The molecule has 6 nitrogen and oxygen atoms in total. The highest BCUT2D eigenvalue weighted by Crippen LogP contribution is 2.30. The molecular weight excluding hydrogens is 422 g/mol. The summed E-state index contributed by atoms with van der Waals surface area (Å²) in [4.78, 5) is 4.71. The third kappa shape index (κ3) is 3.96. The summed E-state index contributed by atoms with van der Waals surface area (Å²) >= 11 is 0. The van der Waals surface area contributed by atoms with Gasteiger partial charge < -0.3 is 9.30 Å². The third-order valence-electron chi connectivity index (χ3n) is 5.63. The van der Waals surface area contributed by atoms with Gasteiger partial charge in [0, 0.05) is 24.4 Å². The van der Waals surface area contributed by atoms with Crippen LogP contribution >= 0.6 is 0 Å². The van der Waals surface area contributed by atoms with E-state index < -0.39 is 0 Å². The number of fused-ring (bicyclic) bond motifs is 1. The zero-order valence-electron chi connectivity index (χ0n) is 19.0. The second-order valence-corrected chi connectivity index (χ2v) is 7.83. The summed E-state index contributed by atoms with van der Waals surface area (Å²) in [6, 6.07) is 28.0. The predicted molar refractivity (Wildman–Crippen MR) is 134 cm³/mol. The molecule has 166 valence electrons. The average Bonchev–Trinajstić information content (AvgIpc) is 3.45. The summed E-state index contributed by atoms with van der Waals surface area (Å²) in [5.74, 6) is 1.39. The summed E-state index contributed by atoms with van der Waals surface area (Å²) in [5.41, 5.74) is 5.72. The molecule has 0 aliphatic heterocycles. The lowest BCUT2D eigenvalue weighted by Crippen LogP contribution is -1.96. The maximum atomic E-state index is 10.1. The zero-order valence-corrected chi connectivity index (χ0v) is 19.0. The number of imidazole rings is 1. The molecule has 5 rings (SSSR count). The van der Waals surface area contributed by atoms with E-state index in [0.717, 1.165) is 39.3 Å². The second-order valence-electron chi connectivity index (χ2n) is 7.83. The molecule has 0 N–H and O–H groups in total. The van der Waals surface area contributed by atoms with Gasteiger partial charge in [-0.25, -0.2) is 9.67 Å². The lowest BCUT2D eigenvalue weighted by molar-refractivity contribution is 0.340. The molecule has 0 unspecified atom stereocenters. The number of aromatic nitrogens is 4. The predicted octanol–water partition coefficient (Wildman–Crippen LogP) is 5.89. The van der Waals surface area contributed by atoms with Gasteiger partial charge in [-0.3, -0.25) is 0 Å². The number of hydrogen-bond donors (Lipinski definition) is 0. The molecule has 0 aliphatic carbocycles. The number of ether oxygens (including phenoxy) is 1. The van der Waals surface area contributed by atoms with Gasteiger partial charge >= 0.3 is 0 Å². The van der Waals surface area contributed by atoms with Crippen LogP contribution in [0.3, 0.4) is 0 Å². The van der Waals surface area contributed by atoms with E-state index in [2.05, 4.69) is 6.07 Å². The van der Waals surface area contributed by atoms with Crippen LogP contribution in [0.2, 0.25) is 0 Å². The number of hydrogen-bond acceptors (Lipinski definition) is 4. The number of rotatable bonds is 6. The van der Waals surface area contributed by atoms with E-state index in [1.165, 1.54) is 0 Å². The van der Waals surface area contributed by atoms with Gasteiger partial charge in [0.1, 0.15) is 17.5 Å². The van der Waals surface area contributed by atoms with Crippen molar-refractivity contribution < 1.29 is 4.74 Å². The van der Waals surface area contributed by atoms with Crippen molar-refractivity contribution in [2.24, 2.45) is 7.05 Å². The number of aryl methyl sites for hydroxylation is 1. The Hall–Kier alpha value is -4.63. The van der Waals surface area contributed by atoms with Gasteiger partial charge in [0.15, 0.2) is 5.82 Å². The Labute approximate surface area is 198 Å². The molecule has 0 radical (unpaired) electrons.